The van der Waals surface area contributed by atoms with Crippen LogP contribution in [0, 0.1) is 5.92 Å². The molecule has 92 valence electrons. The number of hydrogen-bond donors (Lipinski definition) is 1. The molecule has 2 aliphatic rings. The van der Waals surface area contributed by atoms with E-state index in [0.717, 1.165) is 31.1 Å². The highest BCUT2D eigenvalue weighted by molar-refractivity contribution is 7.99. The van der Waals surface area contributed by atoms with E-state index in [0.29, 0.717) is 5.92 Å². The number of hydrogen-bond acceptors (Lipinski definition) is 4. The number of rotatable bonds is 2. The van der Waals surface area contributed by atoms with Crippen LogP contribution in [0.25, 0.3) is 0 Å². The summed E-state index contributed by atoms with van der Waals surface area (Å²) in [5, 5.41) is 3.23. The second kappa shape index (κ2) is 5.38. The Morgan fingerprint density at radius 1 is 1.56 bits per heavy atom. The van der Waals surface area contributed by atoms with Crippen molar-refractivity contribution < 1.29 is 9.53 Å². The Bertz CT molecular complexity index is 256. The van der Waals surface area contributed by atoms with E-state index >= 15 is 0 Å². The van der Waals surface area contributed by atoms with Gasteiger partial charge in [0.05, 0.1) is 12.1 Å². The van der Waals surface area contributed by atoms with Crippen molar-refractivity contribution in [2.75, 3.05) is 31.8 Å². The first kappa shape index (κ1) is 12.2. The summed E-state index contributed by atoms with van der Waals surface area (Å²) in [4.78, 5) is 14.1. The molecule has 1 amide bonds. The molecule has 0 radical (unpaired) electrons. The van der Waals surface area contributed by atoms with E-state index in [2.05, 4.69) is 12.2 Å². The fourth-order valence-electron chi connectivity index (χ4n) is 2.32. The van der Waals surface area contributed by atoms with E-state index in [1.54, 1.807) is 18.9 Å². The van der Waals surface area contributed by atoms with Crippen molar-refractivity contribution in [3.05, 3.63) is 0 Å². The van der Waals surface area contributed by atoms with Gasteiger partial charge in [-0.2, -0.15) is 0 Å². The van der Waals surface area contributed by atoms with Gasteiger partial charge in [0, 0.05) is 31.8 Å². The van der Waals surface area contributed by atoms with Crippen molar-refractivity contribution in [1.82, 2.24) is 10.2 Å². The first-order chi connectivity index (χ1) is 7.72. The van der Waals surface area contributed by atoms with Gasteiger partial charge in [-0.15, -0.1) is 11.8 Å². The van der Waals surface area contributed by atoms with Crippen LogP contribution in [0.5, 0.6) is 0 Å². The molecule has 0 aromatic carbocycles. The summed E-state index contributed by atoms with van der Waals surface area (Å²) in [7, 11) is 1.73. The van der Waals surface area contributed by atoms with Crippen LogP contribution in [0.15, 0.2) is 0 Å². The average Bonchev–Trinajstić information content (AvgIpc) is 2.82. The molecule has 0 aliphatic carbocycles. The Morgan fingerprint density at radius 3 is 3.00 bits per heavy atom. The van der Waals surface area contributed by atoms with Crippen LogP contribution < -0.4 is 5.32 Å². The lowest BCUT2D eigenvalue weighted by Gasteiger charge is -2.37. The molecule has 2 saturated heterocycles. The SMILES string of the molecule is COC1CN(C(=O)C2CSCN2)CCC1C. The van der Waals surface area contributed by atoms with Crippen LogP contribution in [0.3, 0.4) is 0 Å². The number of methoxy groups -OCH3 is 1. The molecule has 16 heavy (non-hydrogen) atoms. The predicted molar refractivity (Wildman–Crippen MR) is 65.4 cm³/mol. The van der Waals surface area contributed by atoms with Crippen molar-refractivity contribution in [3.8, 4) is 0 Å². The minimum atomic E-state index is 0.0240. The molecular weight excluding hydrogens is 224 g/mol. The highest BCUT2D eigenvalue weighted by atomic mass is 32.2. The van der Waals surface area contributed by atoms with E-state index in [9.17, 15) is 4.79 Å². The Balaban J connectivity index is 1.91. The van der Waals surface area contributed by atoms with Gasteiger partial charge < -0.3 is 9.64 Å². The molecule has 5 heteroatoms. The summed E-state index contributed by atoms with van der Waals surface area (Å²) in [5.41, 5.74) is 0. The van der Waals surface area contributed by atoms with Crippen molar-refractivity contribution in [2.24, 2.45) is 5.92 Å². The number of nitrogens with one attached hydrogen (secondary N) is 1. The second-order valence-electron chi connectivity index (χ2n) is 4.60. The number of likely N-dealkylation sites (tertiary alicyclic amines) is 1. The molecule has 0 bridgehead atoms. The van der Waals surface area contributed by atoms with Gasteiger partial charge in [-0.25, -0.2) is 0 Å². The first-order valence-corrected chi connectivity index (χ1v) is 7.00. The van der Waals surface area contributed by atoms with Gasteiger partial charge in [-0.1, -0.05) is 6.92 Å². The molecule has 2 aliphatic heterocycles. The highest BCUT2D eigenvalue weighted by Crippen LogP contribution is 2.21. The van der Waals surface area contributed by atoms with E-state index in [1.807, 2.05) is 4.90 Å². The van der Waals surface area contributed by atoms with Gasteiger partial charge in [0.2, 0.25) is 5.91 Å². The molecular formula is C11H20N2O2S. The zero-order valence-corrected chi connectivity index (χ0v) is 10.8. The number of amides is 1. The van der Waals surface area contributed by atoms with Gasteiger partial charge in [0.15, 0.2) is 0 Å². The number of carbonyl (C=O) groups is 1. The summed E-state index contributed by atoms with van der Waals surface area (Å²) in [6.07, 6.45) is 1.25. The van der Waals surface area contributed by atoms with Crippen LogP contribution in [-0.4, -0.2) is 54.8 Å². The maximum Gasteiger partial charge on any atom is 0.240 e. The van der Waals surface area contributed by atoms with E-state index < -0.39 is 0 Å². The zero-order valence-electron chi connectivity index (χ0n) is 9.94. The summed E-state index contributed by atoms with van der Waals surface area (Å²) in [6, 6.07) is 0.0240. The van der Waals surface area contributed by atoms with Gasteiger partial charge in [-0.05, 0) is 12.3 Å². The summed E-state index contributed by atoms with van der Waals surface area (Å²) in [6.45, 7) is 3.82. The summed E-state index contributed by atoms with van der Waals surface area (Å²) < 4.78 is 5.43. The van der Waals surface area contributed by atoms with Gasteiger partial charge in [0.25, 0.3) is 0 Å². The number of carbonyl (C=O) groups excluding carboxylic acids is 1. The lowest BCUT2D eigenvalue weighted by molar-refractivity contribution is -0.137. The van der Waals surface area contributed by atoms with Crippen molar-refractivity contribution >= 4 is 17.7 Å². The average molecular weight is 244 g/mol. The Morgan fingerprint density at radius 2 is 2.38 bits per heavy atom. The third-order valence-corrected chi connectivity index (χ3v) is 4.46. The molecule has 2 rings (SSSR count). The fraction of sp³-hybridized carbons (Fsp3) is 0.909. The lowest BCUT2D eigenvalue weighted by Crippen LogP contribution is -2.52. The molecule has 3 unspecified atom stereocenters. The molecule has 0 aromatic heterocycles. The van der Waals surface area contributed by atoms with E-state index in [-0.39, 0.29) is 18.1 Å². The minimum Gasteiger partial charge on any atom is -0.379 e. The number of ether oxygens (including phenoxy) is 1. The van der Waals surface area contributed by atoms with Crippen molar-refractivity contribution in [2.45, 2.75) is 25.5 Å². The second-order valence-corrected chi connectivity index (χ2v) is 5.63. The smallest absolute Gasteiger partial charge is 0.240 e. The van der Waals surface area contributed by atoms with Crippen molar-refractivity contribution in [3.63, 3.8) is 0 Å². The van der Waals surface area contributed by atoms with Crippen LogP contribution in [0.2, 0.25) is 0 Å². The summed E-state index contributed by atoms with van der Waals surface area (Å²) >= 11 is 1.79. The first-order valence-electron chi connectivity index (χ1n) is 5.85. The third kappa shape index (κ3) is 2.52. The molecule has 4 nitrogen and oxygen atoms in total. The monoisotopic (exact) mass is 244 g/mol. The molecule has 2 heterocycles. The molecule has 3 atom stereocenters. The van der Waals surface area contributed by atoms with Crippen LogP contribution in [0.1, 0.15) is 13.3 Å². The molecule has 1 N–H and O–H groups in total. The van der Waals surface area contributed by atoms with Crippen LogP contribution >= 0.6 is 11.8 Å². The quantitative estimate of drug-likeness (QED) is 0.769. The lowest BCUT2D eigenvalue weighted by atomic mass is 9.95. The zero-order chi connectivity index (χ0) is 11.5. The maximum absolute atomic E-state index is 12.2. The minimum absolute atomic E-state index is 0.0240. The summed E-state index contributed by atoms with van der Waals surface area (Å²) in [5.74, 6) is 2.61. The predicted octanol–water partition coefficient (Wildman–Crippen LogP) is 0.532. The normalized spacial score (nSPS) is 35.4. The number of nitrogens with zero attached hydrogens (tertiary/aromatic N) is 1. The van der Waals surface area contributed by atoms with Gasteiger partial charge >= 0.3 is 0 Å². The van der Waals surface area contributed by atoms with Crippen LogP contribution in [-0.2, 0) is 9.53 Å². The standard InChI is InChI=1S/C11H20N2O2S/c1-8-3-4-13(5-10(8)15-2)11(14)9-6-16-7-12-9/h8-10,12H,3-7H2,1-2H3. The van der Waals surface area contributed by atoms with Gasteiger partial charge in [0.1, 0.15) is 0 Å². The number of thioether (sulfide) groups is 1. The molecule has 0 saturated carbocycles. The molecule has 2 fully saturated rings. The topological polar surface area (TPSA) is 41.6 Å². The number of piperidine rings is 1. The maximum atomic E-state index is 12.2. The van der Waals surface area contributed by atoms with Crippen molar-refractivity contribution in [1.29, 1.82) is 0 Å². The largest absolute Gasteiger partial charge is 0.379 e. The molecule has 0 spiro atoms. The van der Waals surface area contributed by atoms with E-state index in [4.69, 9.17) is 4.74 Å². The Kier molecular flexibility index (Phi) is 4.10. The fourth-order valence-corrected chi connectivity index (χ4v) is 3.25. The Labute approximate surface area is 101 Å². The van der Waals surface area contributed by atoms with E-state index in [1.165, 1.54) is 0 Å². The third-order valence-electron chi connectivity index (χ3n) is 3.52. The molecule has 0 aromatic rings. The Hall–Kier alpha value is -0.260. The van der Waals surface area contributed by atoms with Gasteiger partial charge in [-0.3, -0.25) is 10.1 Å². The van der Waals surface area contributed by atoms with Crippen LogP contribution in [0.4, 0.5) is 0 Å². The highest BCUT2D eigenvalue weighted by Gasteiger charge is 2.33.